The van der Waals surface area contributed by atoms with Gasteiger partial charge in [-0.15, -0.1) is 0 Å². The Morgan fingerprint density at radius 3 is 2.32 bits per heavy atom. The minimum Gasteiger partial charge on any atom is -0.480 e. The number of carboxylic acids is 1. The fourth-order valence-electron chi connectivity index (χ4n) is 1.39. The number of carboxylic acid groups (broad SMARTS) is 1. The van der Waals surface area contributed by atoms with Crippen LogP contribution in [0.2, 0.25) is 0 Å². The van der Waals surface area contributed by atoms with Crippen LogP contribution < -0.4 is 5.32 Å². The first-order valence-corrected chi connectivity index (χ1v) is 7.95. The van der Waals surface area contributed by atoms with Crippen LogP contribution in [0.3, 0.4) is 0 Å². The fraction of sp³-hybridized carbons (Fsp3) is 0.818. The lowest BCUT2D eigenvalue weighted by molar-refractivity contribution is -0.137. The molecular formula is C11H22N2O5S. The van der Waals surface area contributed by atoms with Gasteiger partial charge in [-0.2, -0.15) is 0 Å². The lowest BCUT2D eigenvalue weighted by Crippen LogP contribution is -2.45. The molecule has 7 nitrogen and oxygen atoms in total. The molecule has 0 saturated heterocycles. The lowest BCUT2D eigenvalue weighted by Gasteiger charge is -2.23. The van der Waals surface area contributed by atoms with Gasteiger partial charge in [0, 0.05) is 18.8 Å². The average molecular weight is 294 g/mol. The van der Waals surface area contributed by atoms with Crippen LogP contribution in [0.15, 0.2) is 0 Å². The van der Waals surface area contributed by atoms with Crippen molar-refractivity contribution in [1.29, 1.82) is 0 Å². The van der Waals surface area contributed by atoms with E-state index in [9.17, 15) is 18.0 Å². The number of amides is 2. The zero-order valence-corrected chi connectivity index (χ0v) is 12.4. The van der Waals surface area contributed by atoms with Gasteiger partial charge in [-0.3, -0.25) is 4.79 Å². The summed E-state index contributed by atoms with van der Waals surface area (Å²) < 4.78 is 22.5. The first-order chi connectivity index (χ1) is 8.68. The second-order valence-corrected chi connectivity index (χ2v) is 7.11. The van der Waals surface area contributed by atoms with E-state index < -0.39 is 28.4 Å². The Labute approximate surface area is 113 Å². The zero-order chi connectivity index (χ0) is 15.1. The summed E-state index contributed by atoms with van der Waals surface area (Å²) in [5.74, 6) is -1.09. The molecule has 0 aromatic carbocycles. The Balaban J connectivity index is 4.36. The number of carbonyl (C=O) groups is 2. The molecule has 0 aromatic heterocycles. The van der Waals surface area contributed by atoms with Crippen LogP contribution in [-0.2, 0) is 14.6 Å². The van der Waals surface area contributed by atoms with Gasteiger partial charge in [-0.25, -0.2) is 13.2 Å². The van der Waals surface area contributed by atoms with Gasteiger partial charge < -0.3 is 15.3 Å². The van der Waals surface area contributed by atoms with Crippen LogP contribution in [-0.4, -0.2) is 61.6 Å². The number of sulfone groups is 1. The molecule has 0 rings (SSSR count). The first kappa shape index (κ1) is 17.7. The molecule has 0 atom stereocenters. The van der Waals surface area contributed by atoms with Crippen molar-refractivity contribution in [2.45, 2.75) is 20.8 Å². The van der Waals surface area contributed by atoms with E-state index in [1.807, 2.05) is 13.8 Å². The van der Waals surface area contributed by atoms with Gasteiger partial charge in [-0.05, 0) is 5.92 Å². The molecule has 0 heterocycles. The third-order valence-electron chi connectivity index (χ3n) is 2.33. The third kappa shape index (κ3) is 8.41. The van der Waals surface area contributed by atoms with Gasteiger partial charge in [0.2, 0.25) is 0 Å². The normalized spacial score (nSPS) is 11.4. The number of hydrogen-bond acceptors (Lipinski definition) is 4. The standard InChI is InChI=1S/C11H22N2O5S/c1-4-19(17,18)6-5-12-11(16)13(7-9(2)3)8-10(14)15/h9H,4-8H2,1-3H3,(H,12,16)(H,14,15). The predicted molar refractivity (Wildman–Crippen MR) is 71.8 cm³/mol. The van der Waals surface area contributed by atoms with Gasteiger partial charge in [0.1, 0.15) is 6.54 Å². The maximum atomic E-state index is 11.7. The maximum Gasteiger partial charge on any atom is 0.323 e. The summed E-state index contributed by atoms with van der Waals surface area (Å²) in [5.41, 5.74) is 0. The summed E-state index contributed by atoms with van der Waals surface area (Å²) >= 11 is 0. The van der Waals surface area contributed by atoms with E-state index in [2.05, 4.69) is 5.32 Å². The molecule has 0 aliphatic rings. The summed E-state index contributed by atoms with van der Waals surface area (Å²) in [4.78, 5) is 23.6. The van der Waals surface area contributed by atoms with Crippen LogP contribution >= 0.6 is 0 Å². The Morgan fingerprint density at radius 1 is 1.32 bits per heavy atom. The molecule has 0 bridgehead atoms. The molecular weight excluding hydrogens is 272 g/mol. The second kappa shape index (κ2) is 7.98. The largest absolute Gasteiger partial charge is 0.480 e. The van der Waals surface area contributed by atoms with E-state index in [0.717, 1.165) is 4.90 Å². The lowest BCUT2D eigenvalue weighted by atomic mass is 10.2. The number of rotatable bonds is 8. The van der Waals surface area contributed by atoms with Crippen molar-refractivity contribution in [2.24, 2.45) is 5.92 Å². The van der Waals surface area contributed by atoms with E-state index in [-0.39, 0.29) is 24.0 Å². The van der Waals surface area contributed by atoms with E-state index in [1.54, 1.807) is 0 Å². The second-order valence-electron chi connectivity index (χ2n) is 4.64. The number of urea groups is 1. The van der Waals surface area contributed by atoms with Gasteiger partial charge in [-0.1, -0.05) is 20.8 Å². The molecule has 0 aliphatic carbocycles. The van der Waals surface area contributed by atoms with Crippen molar-refractivity contribution in [3.05, 3.63) is 0 Å². The van der Waals surface area contributed by atoms with Crippen molar-refractivity contribution in [2.75, 3.05) is 31.1 Å². The fourth-order valence-corrected chi connectivity index (χ4v) is 2.09. The third-order valence-corrected chi connectivity index (χ3v) is 4.03. The highest BCUT2D eigenvalue weighted by Gasteiger charge is 2.18. The molecule has 2 N–H and O–H groups in total. The smallest absolute Gasteiger partial charge is 0.323 e. The number of nitrogens with one attached hydrogen (secondary N) is 1. The van der Waals surface area contributed by atoms with Crippen molar-refractivity contribution >= 4 is 21.8 Å². The monoisotopic (exact) mass is 294 g/mol. The molecule has 0 aromatic rings. The van der Waals surface area contributed by atoms with Crippen molar-refractivity contribution < 1.29 is 23.1 Å². The molecule has 0 radical (unpaired) electrons. The van der Waals surface area contributed by atoms with Gasteiger partial charge >= 0.3 is 12.0 Å². The van der Waals surface area contributed by atoms with E-state index in [0.29, 0.717) is 6.54 Å². The molecule has 0 unspecified atom stereocenters. The summed E-state index contributed by atoms with van der Waals surface area (Å²) in [6.07, 6.45) is 0. The van der Waals surface area contributed by atoms with Crippen LogP contribution in [0.4, 0.5) is 4.79 Å². The molecule has 112 valence electrons. The first-order valence-electron chi connectivity index (χ1n) is 6.13. The molecule has 0 saturated carbocycles. The predicted octanol–water partition coefficient (Wildman–Crippen LogP) is 0.173. The Kier molecular flexibility index (Phi) is 7.43. The quantitative estimate of drug-likeness (QED) is 0.664. The summed E-state index contributed by atoms with van der Waals surface area (Å²) in [6.45, 7) is 5.16. The van der Waals surface area contributed by atoms with Crippen LogP contribution in [0.25, 0.3) is 0 Å². The van der Waals surface area contributed by atoms with Crippen LogP contribution in [0, 0.1) is 5.92 Å². The van der Waals surface area contributed by atoms with Crippen LogP contribution in [0.1, 0.15) is 20.8 Å². The SMILES string of the molecule is CCS(=O)(=O)CCNC(=O)N(CC(=O)O)CC(C)C. The Hall–Kier alpha value is -1.31. The average Bonchev–Trinajstić information content (AvgIpc) is 2.26. The summed E-state index contributed by atoms with van der Waals surface area (Å²) in [7, 11) is -3.14. The van der Waals surface area contributed by atoms with Crippen molar-refractivity contribution in [3.63, 3.8) is 0 Å². The topological polar surface area (TPSA) is 104 Å². The minimum absolute atomic E-state index is 0.0107. The molecule has 0 aliphatic heterocycles. The van der Waals surface area contributed by atoms with Crippen molar-refractivity contribution in [3.8, 4) is 0 Å². The van der Waals surface area contributed by atoms with Gasteiger partial charge in [0.15, 0.2) is 9.84 Å². The number of hydrogen-bond donors (Lipinski definition) is 2. The molecule has 0 fully saturated rings. The van der Waals surface area contributed by atoms with Crippen molar-refractivity contribution in [1.82, 2.24) is 10.2 Å². The van der Waals surface area contributed by atoms with Gasteiger partial charge in [0.05, 0.1) is 5.75 Å². The summed E-state index contributed by atoms with van der Waals surface area (Å²) in [6, 6.07) is -0.553. The van der Waals surface area contributed by atoms with E-state index in [4.69, 9.17) is 5.11 Å². The Morgan fingerprint density at radius 2 is 1.89 bits per heavy atom. The maximum absolute atomic E-state index is 11.7. The van der Waals surface area contributed by atoms with E-state index >= 15 is 0 Å². The number of aliphatic carboxylic acids is 1. The molecule has 0 spiro atoms. The van der Waals surface area contributed by atoms with E-state index in [1.165, 1.54) is 6.92 Å². The molecule has 2 amide bonds. The highest BCUT2D eigenvalue weighted by atomic mass is 32.2. The highest BCUT2D eigenvalue weighted by molar-refractivity contribution is 7.91. The zero-order valence-electron chi connectivity index (χ0n) is 11.5. The number of nitrogens with zero attached hydrogens (tertiary/aromatic N) is 1. The summed E-state index contributed by atoms with van der Waals surface area (Å²) in [5, 5.41) is 11.1. The highest BCUT2D eigenvalue weighted by Crippen LogP contribution is 1.99. The molecule has 19 heavy (non-hydrogen) atoms. The minimum atomic E-state index is -3.14. The van der Waals surface area contributed by atoms with Gasteiger partial charge in [0.25, 0.3) is 0 Å². The Bertz CT molecular complexity index is 405. The van der Waals surface area contributed by atoms with Crippen LogP contribution in [0.5, 0.6) is 0 Å². The molecule has 8 heteroatoms. The number of carbonyl (C=O) groups excluding carboxylic acids is 1.